The minimum Gasteiger partial charge on any atom is -0.747 e. The molecule has 0 aromatic rings. The Morgan fingerprint density at radius 1 is 0.944 bits per heavy atom. The molecule has 0 saturated heterocycles. The van der Waals surface area contributed by atoms with Crippen molar-refractivity contribution in [3.63, 3.8) is 0 Å². The molecule has 0 fully saturated rings. The van der Waals surface area contributed by atoms with Gasteiger partial charge in [0.1, 0.15) is 10.1 Å². The first-order valence-corrected chi connectivity index (χ1v) is 8.60. The summed E-state index contributed by atoms with van der Waals surface area (Å²) in [6, 6.07) is 0. The molecule has 0 spiro atoms. The molecule has 0 amide bonds. The predicted octanol–water partition coefficient (Wildman–Crippen LogP) is 0.712. The van der Waals surface area contributed by atoms with Crippen molar-refractivity contribution in [1.29, 1.82) is 0 Å². The molecule has 6 heteroatoms. The van der Waals surface area contributed by atoms with Gasteiger partial charge in [-0.3, -0.25) is 0 Å². The normalized spacial score (nSPS) is 13.1. The monoisotopic (exact) mass is 304 g/mol. The van der Waals surface area contributed by atoms with Crippen LogP contribution in [-0.2, 0) is 10.1 Å². The van der Waals surface area contributed by atoms with Crippen LogP contribution in [0, 0.1) is 0 Å². The van der Waals surface area contributed by atoms with Gasteiger partial charge in [0.15, 0.2) is 0 Å². The summed E-state index contributed by atoms with van der Waals surface area (Å²) in [5.41, 5.74) is 0. The summed E-state index contributed by atoms with van der Waals surface area (Å²) in [6.07, 6.45) is 11.0. The molecule has 1 atom stereocenters. The van der Waals surface area contributed by atoms with Crippen molar-refractivity contribution in [3.8, 4) is 0 Å². The van der Waals surface area contributed by atoms with Gasteiger partial charge in [-0.05, 0) is 6.42 Å². The fourth-order valence-corrected chi connectivity index (χ4v) is 2.41. The largest absolute Gasteiger partial charge is 1.00 e. The van der Waals surface area contributed by atoms with Crippen LogP contribution in [0.2, 0.25) is 0 Å². The Morgan fingerprint density at radius 2 is 1.33 bits per heavy atom. The Morgan fingerprint density at radius 3 is 1.72 bits per heavy atom. The zero-order chi connectivity index (χ0) is 13.1. The van der Waals surface area contributed by atoms with Crippen LogP contribution < -0.4 is 29.6 Å². The zero-order valence-corrected chi connectivity index (χ0v) is 15.4. The second kappa shape index (κ2) is 13.3. The average Bonchev–Trinajstić information content (AvgIpc) is 2.25. The molecule has 0 rings (SSSR count). The Balaban J connectivity index is 0. The molecule has 0 radical (unpaired) electrons. The van der Waals surface area contributed by atoms with Gasteiger partial charge in [-0.15, -0.1) is 0 Å². The number of hydrogen-bond acceptors (Lipinski definition) is 4. The maximum absolute atomic E-state index is 10.6. The van der Waals surface area contributed by atoms with Gasteiger partial charge in [0, 0.05) is 0 Å². The quantitative estimate of drug-likeness (QED) is 0.265. The molecular weight excluding hydrogens is 279 g/mol. The second-order valence-corrected chi connectivity index (χ2v) is 7.09. The molecule has 18 heavy (non-hydrogen) atoms. The van der Waals surface area contributed by atoms with E-state index in [9.17, 15) is 13.0 Å². The molecule has 3 nitrogen and oxygen atoms in total. The molecule has 0 aliphatic heterocycles. The van der Waals surface area contributed by atoms with Gasteiger partial charge in [-0.25, -0.2) is 8.42 Å². The summed E-state index contributed by atoms with van der Waals surface area (Å²) in [6.45, 7) is 2.21. The number of unbranched alkanes of at least 4 members (excludes halogenated alkanes) is 8. The van der Waals surface area contributed by atoms with Crippen molar-refractivity contribution >= 4 is 22.7 Å². The summed E-state index contributed by atoms with van der Waals surface area (Å²) < 4.78 is 30.7. The summed E-state index contributed by atoms with van der Waals surface area (Å²) in [5, 5.41) is 0. The summed E-state index contributed by atoms with van der Waals surface area (Å²) >= 11 is 3.79. The van der Waals surface area contributed by atoms with Crippen molar-refractivity contribution in [2.45, 2.75) is 75.7 Å². The number of thiol groups is 1. The van der Waals surface area contributed by atoms with Crippen LogP contribution in [0.1, 0.15) is 71.1 Å². The van der Waals surface area contributed by atoms with Crippen molar-refractivity contribution < 1.29 is 42.5 Å². The minimum absolute atomic E-state index is 0. The van der Waals surface area contributed by atoms with E-state index in [1.165, 1.54) is 38.5 Å². The van der Waals surface area contributed by atoms with Gasteiger partial charge >= 0.3 is 29.6 Å². The van der Waals surface area contributed by atoms with E-state index in [0.29, 0.717) is 6.42 Å². The van der Waals surface area contributed by atoms with Crippen LogP contribution in [-0.4, -0.2) is 17.6 Å². The molecule has 0 bridgehead atoms. The van der Waals surface area contributed by atoms with Crippen molar-refractivity contribution in [3.05, 3.63) is 0 Å². The molecule has 0 aliphatic rings. The van der Waals surface area contributed by atoms with E-state index in [4.69, 9.17) is 0 Å². The van der Waals surface area contributed by atoms with Crippen molar-refractivity contribution in [1.82, 2.24) is 0 Å². The Bertz CT molecular complexity index is 268. The van der Waals surface area contributed by atoms with E-state index < -0.39 is 14.7 Å². The molecule has 0 heterocycles. The van der Waals surface area contributed by atoms with Gasteiger partial charge in [0.25, 0.3) is 0 Å². The molecule has 0 aliphatic carbocycles. The molecule has 0 N–H and O–H groups in total. The van der Waals surface area contributed by atoms with Gasteiger partial charge in [-0.1, -0.05) is 64.7 Å². The number of rotatable bonds is 11. The van der Waals surface area contributed by atoms with E-state index in [1.807, 2.05) is 0 Å². The van der Waals surface area contributed by atoms with Crippen LogP contribution in [0.25, 0.3) is 0 Å². The van der Waals surface area contributed by atoms with Gasteiger partial charge in [0.2, 0.25) is 0 Å². The van der Waals surface area contributed by atoms with Gasteiger partial charge in [-0.2, -0.15) is 12.6 Å². The predicted molar refractivity (Wildman–Crippen MR) is 74.3 cm³/mol. The second-order valence-electron chi connectivity index (χ2n) is 4.56. The SMILES string of the molecule is CCCCCCCCCCCC(S)S(=O)(=O)[O-].[Na+]. The molecule has 0 aromatic carbocycles. The van der Waals surface area contributed by atoms with E-state index >= 15 is 0 Å². The standard InChI is InChI=1S/C12H26O3S2.Na/c1-2-3-4-5-6-7-8-9-10-11-12(16)17(13,14)15;/h12,16H,2-11H2,1H3,(H,13,14,15);/q;+1/p-1. The van der Waals surface area contributed by atoms with Gasteiger partial charge in [0.05, 0.1) is 4.58 Å². The third-order valence-corrected chi connectivity index (χ3v) is 4.82. The summed E-state index contributed by atoms with van der Waals surface area (Å²) in [5.74, 6) is 0. The van der Waals surface area contributed by atoms with Crippen LogP contribution in [0.4, 0.5) is 0 Å². The smallest absolute Gasteiger partial charge is 0.747 e. The van der Waals surface area contributed by atoms with E-state index in [1.54, 1.807) is 0 Å². The topological polar surface area (TPSA) is 57.2 Å². The first-order chi connectivity index (χ1) is 7.98. The molecular formula is C12H25NaO3S2. The first-order valence-electron chi connectivity index (χ1n) is 6.61. The Hall–Kier alpha value is 1.26. The van der Waals surface area contributed by atoms with Crippen LogP contribution in [0.5, 0.6) is 0 Å². The number of hydrogen-bond donors (Lipinski definition) is 1. The first kappa shape index (κ1) is 21.6. The van der Waals surface area contributed by atoms with Crippen LogP contribution >= 0.6 is 12.6 Å². The summed E-state index contributed by atoms with van der Waals surface area (Å²) in [4.78, 5) is 0. The maximum atomic E-state index is 10.6. The maximum Gasteiger partial charge on any atom is 1.00 e. The van der Waals surface area contributed by atoms with E-state index in [2.05, 4.69) is 19.6 Å². The van der Waals surface area contributed by atoms with Crippen LogP contribution in [0.3, 0.4) is 0 Å². The molecule has 1 unspecified atom stereocenters. The fraction of sp³-hybridized carbons (Fsp3) is 1.00. The minimum atomic E-state index is -4.20. The third-order valence-electron chi connectivity index (χ3n) is 2.89. The van der Waals surface area contributed by atoms with Crippen molar-refractivity contribution in [2.24, 2.45) is 0 Å². The van der Waals surface area contributed by atoms with E-state index in [-0.39, 0.29) is 29.6 Å². The molecule has 0 aromatic heterocycles. The Kier molecular flexibility index (Phi) is 15.9. The Labute approximate surface area is 140 Å². The average molecular weight is 304 g/mol. The fourth-order valence-electron chi connectivity index (χ4n) is 1.77. The third kappa shape index (κ3) is 13.7. The van der Waals surface area contributed by atoms with Crippen molar-refractivity contribution in [2.75, 3.05) is 0 Å². The zero-order valence-electron chi connectivity index (χ0n) is 11.7. The summed E-state index contributed by atoms with van der Waals surface area (Å²) in [7, 11) is -4.20. The molecule has 104 valence electrons. The molecule has 0 saturated carbocycles. The van der Waals surface area contributed by atoms with E-state index in [0.717, 1.165) is 19.3 Å². The van der Waals surface area contributed by atoms with Crippen LogP contribution in [0.15, 0.2) is 0 Å². The van der Waals surface area contributed by atoms with Gasteiger partial charge < -0.3 is 4.55 Å².